The molecule has 0 spiro atoms. The lowest BCUT2D eigenvalue weighted by atomic mass is 9.96. The molecule has 2 aromatic carbocycles. The monoisotopic (exact) mass is 409 g/mol. The number of ether oxygens (including phenoxy) is 2. The number of rotatable bonds is 6. The molecule has 0 aliphatic carbocycles. The second kappa shape index (κ2) is 9.17. The summed E-state index contributed by atoms with van der Waals surface area (Å²) < 4.78 is 11.4. The molecular weight excluding hydrogens is 382 g/mol. The van der Waals surface area contributed by atoms with Crippen LogP contribution in [0.2, 0.25) is 0 Å². The molecule has 1 fully saturated rings. The number of primary amides is 1. The van der Waals surface area contributed by atoms with Crippen LogP contribution in [-0.4, -0.2) is 49.1 Å². The Bertz CT molecular complexity index is 892. The lowest BCUT2D eigenvalue weighted by molar-refractivity contribution is -0.125. The summed E-state index contributed by atoms with van der Waals surface area (Å²) in [5.74, 6) is 0.858. The molecule has 1 unspecified atom stereocenters. The van der Waals surface area contributed by atoms with Gasteiger partial charge in [-0.2, -0.15) is 0 Å². The maximum absolute atomic E-state index is 12.5. The highest BCUT2D eigenvalue weighted by Gasteiger charge is 2.27. The first-order chi connectivity index (χ1) is 14.6. The minimum atomic E-state index is -0.678. The minimum Gasteiger partial charge on any atom is -0.485 e. The molecule has 2 aliphatic heterocycles. The number of carbonyl (C=O) groups is 2. The SMILES string of the molecule is NC(=O)C1CCN(CCc2ccc(NC(=O)C3COc4ccccc4O3)cc2)CC1. The molecule has 0 saturated carbocycles. The van der Waals surface area contributed by atoms with Gasteiger partial charge in [-0.25, -0.2) is 0 Å². The molecule has 0 bridgehead atoms. The number of amides is 2. The van der Waals surface area contributed by atoms with E-state index in [4.69, 9.17) is 15.2 Å². The summed E-state index contributed by atoms with van der Waals surface area (Å²) in [6.07, 6.45) is 1.93. The van der Waals surface area contributed by atoms with Crippen LogP contribution in [0.15, 0.2) is 48.5 Å². The third-order valence-electron chi connectivity index (χ3n) is 5.73. The fourth-order valence-electron chi connectivity index (χ4n) is 3.85. The molecule has 7 nitrogen and oxygen atoms in total. The zero-order valence-electron chi connectivity index (χ0n) is 16.9. The normalized spacial score (nSPS) is 19.3. The summed E-state index contributed by atoms with van der Waals surface area (Å²) in [5.41, 5.74) is 7.33. The van der Waals surface area contributed by atoms with Crippen LogP contribution in [-0.2, 0) is 16.0 Å². The van der Waals surface area contributed by atoms with Crippen molar-refractivity contribution in [3.63, 3.8) is 0 Å². The van der Waals surface area contributed by atoms with Crippen molar-refractivity contribution in [2.75, 3.05) is 31.6 Å². The number of benzene rings is 2. The van der Waals surface area contributed by atoms with Gasteiger partial charge in [0.15, 0.2) is 11.5 Å². The van der Waals surface area contributed by atoms with Gasteiger partial charge in [-0.1, -0.05) is 24.3 Å². The Balaban J connectivity index is 1.24. The summed E-state index contributed by atoms with van der Waals surface area (Å²) in [5, 5.41) is 2.89. The molecule has 1 atom stereocenters. The highest BCUT2D eigenvalue weighted by molar-refractivity contribution is 5.94. The second-order valence-corrected chi connectivity index (χ2v) is 7.82. The van der Waals surface area contributed by atoms with Gasteiger partial charge in [0.25, 0.3) is 5.91 Å². The van der Waals surface area contributed by atoms with Crippen LogP contribution < -0.4 is 20.5 Å². The van der Waals surface area contributed by atoms with E-state index in [1.165, 1.54) is 5.56 Å². The van der Waals surface area contributed by atoms with Gasteiger partial charge in [0.2, 0.25) is 12.0 Å². The van der Waals surface area contributed by atoms with E-state index in [0.717, 1.165) is 44.6 Å². The van der Waals surface area contributed by atoms with E-state index in [-0.39, 0.29) is 24.3 Å². The molecule has 2 heterocycles. The first kappa shape index (κ1) is 20.2. The fraction of sp³-hybridized carbons (Fsp3) is 0.391. The highest BCUT2D eigenvalue weighted by atomic mass is 16.6. The number of hydrogen-bond acceptors (Lipinski definition) is 5. The van der Waals surface area contributed by atoms with Crippen molar-refractivity contribution >= 4 is 17.5 Å². The largest absolute Gasteiger partial charge is 0.485 e. The van der Waals surface area contributed by atoms with Crippen molar-refractivity contribution < 1.29 is 19.1 Å². The average molecular weight is 409 g/mol. The van der Waals surface area contributed by atoms with E-state index in [1.807, 2.05) is 42.5 Å². The Morgan fingerprint density at radius 3 is 2.43 bits per heavy atom. The van der Waals surface area contributed by atoms with Crippen molar-refractivity contribution in [2.24, 2.45) is 11.7 Å². The Labute approximate surface area is 176 Å². The highest BCUT2D eigenvalue weighted by Crippen LogP contribution is 2.31. The second-order valence-electron chi connectivity index (χ2n) is 7.82. The quantitative estimate of drug-likeness (QED) is 0.763. The molecule has 0 aromatic heterocycles. The summed E-state index contributed by atoms with van der Waals surface area (Å²) in [6, 6.07) is 15.2. The molecule has 1 saturated heterocycles. The lowest BCUT2D eigenvalue weighted by Crippen LogP contribution is -2.40. The standard InChI is InChI=1S/C23H27N3O4/c24-22(27)17-10-13-26(14-11-17)12-9-16-5-7-18(8-6-16)25-23(28)21-15-29-19-3-1-2-4-20(19)30-21/h1-8,17,21H,9-15H2,(H2,24,27)(H,25,28). The molecule has 30 heavy (non-hydrogen) atoms. The summed E-state index contributed by atoms with van der Waals surface area (Å²) >= 11 is 0. The predicted molar refractivity (Wildman–Crippen MR) is 113 cm³/mol. The minimum absolute atomic E-state index is 0.0242. The van der Waals surface area contributed by atoms with E-state index < -0.39 is 6.10 Å². The van der Waals surface area contributed by atoms with Gasteiger partial charge in [-0.05, 0) is 62.2 Å². The van der Waals surface area contributed by atoms with Crippen LogP contribution >= 0.6 is 0 Å². The van der Waals surface area contributed by atoms with E-state index in [1.54, 1.807) is 6.07 Å². The number of hydrogen-bond donors (Lipinski definition) is 2. The third-order valence-corrected chi connectivity index (χ3v) is 5.73. The van der Waals surface area contributed by atoms with Crippen molar-refractivity contribution in [3.05, 3.63) is 54.1 Å². The van der Waals surface area contributed by atoms with E-state index >= 15 is 0 Å². The number of likely N-dealkylation sites (tertiary alicyclic amines) is 1. The lowest BCUT2D eigenvalue weighted by Gasteiger charge is -2.30. The number of carbonyl (C=O) groups excluding carboxylic acids is 2. The molecule has 158 valence electrons. The number of nitrogens with two attached hydrogens (primary N) is 1. The van der Waals surface area contributed by atoms with Crippen LogP contribution in [0.5, 0.6) is 11.5 Å². The van der Waals surface area contributed by atoms with Gasteiger partial charge in [-0.15, -0.1) is 0 Å². The summed E-state index contributed by atoms with van der Waals surface area (Å²) in [7, 11) is 0. The number of piperidine rings is 1. The van der Waals surface area contributed by atoms with Crippen LogP contribution in [0.3, 0.4) is 0 Å². The Kier molecular flexibility index (Phi) is 6.18. The molecule has 2 aliphatic rings. The van der Waals surface area contributed by atoms with Crippen LogP contribution in [0.1, 0.15) is 18.4 Å². The fourth-order valence-corrected chi connectivity index (χ4v) is 3.85. The average Bonchev–Trinajstić information content (AvgIpc) is 2.78. The van der Waals surface area contributed by atoms with E-state index in [0.29, 0.717) is 11.5 Å². The molecule has 2 amide bonds. The van der Waals surface area contributed by atoms with Gasteiger partial charge in [0.1, 0.15) is 6.61 Å². The van der Waals surface area contributed by atoms with Gasteiger partial charge < -0.3 is 25.4 Å². The Morgan fingerprint density at radius 1 is 1.03 bits per heavy atom. The maximum Gasteiger partial charge on any atom is 0.269 e. The van der Waals surface area contributed by atoms with Crippen molar-refractivity contribution in [1.29, 1.82) is 0 Å². The topological polar surface area (TPSA) is 93.9 Å². The Hall–Kier alpha value is -3.06. The number of nitrogens with one attached hydrogen (secondary N) is 1. The first-order valence-electron chi connectivity index (χ1n) is 10.4. The maximum atomic E-state index is 12.5. The number of anilines is 1. The molecule has 7 heteroatoms. The third kappa shape index (κ3) is 4.91. The van der Waals surface area contributed by atoms with Crippen LogP contribution in [0.4, 0.5) is 5.69 Å². The van der Waals surface area contributed by atoms with Crippen molar-refractivity contribution in [3.8, 4) is 11.5 Å². The smallest absolute Gasteiger partial charge is 0.269 e. The molecule has 3 N–H and O–H groups in total. The number of fused-ring (bicyclic) bond motifs is 1. The number of para-hydroxylation sites is 2. The van der Waals surface area contributed by atoms with Gasteiger partial charge in [-0.3, -0.25) is 9.59 Å². The van der Waals surface area contributed by atoms with Crippen LogP contribution in [0.25, 0.3) is 0 Å². The van der Waals surface area contributed by atoms with E-state index in [9.17, 15) is 9.59 Å². The van der Waals surface area contributed by atoms with E-state index in [2.05, 4.69) is 10.2 Å². The van der Waals surface area contributed by atoms with Gasteiger partial charge in [0.05, 0.1) is 0 Å². The first-order valence-corrected chi connectivity index (χ1v) is 10.4. The summed E-state index contributed by atoms with van der Waals surface area (Å²) in [6.45, 7) is 2.96. The zero-order chi connectivity index (χ0) is 20.9. The molecular formula is C23H27N3O4. The van der Waals surface area contributed by atoms with Gasteiger partial charge in [0, 0.05) is 18.2 Å². The zero-order valence-corrected chi connectivity index (χ0v) is 16.9. The van der Waals surface area contributed by atoms with Gasteiger partial charge >= 0.3 is 0 Å². The summed E-state index contributed by atoms with van der Waals surface area (Å²) in [4.78, 5) is 26.1. The molecule has 4 rings (SSSR count). The molecule has 0 radical (unpaired) electrons. The Morgan fingerprint density at radius 2 is 1.73 bits per heavy atom. The van der Waals surface area contributed by atoms with Crippen LogP contribution in [0, 0.1) is 5.92 Å². The molecule has 2 aromatic rings. The number of nitrogens with zero attached hydrogens (tertiary/aromatic N) is 1. The van der Waals surface area contributed by atoms with Crippen molar-refractivity contribution in [1.82, 2.24) is 4.90 Å². The predicted octanol–water partition coefficient (Wildman–Crippen LogP) is 2.20. The van der Waals surface area contributed by atoms with Crippen molar-refractivity contribution in [2.45, 2.75) is 25.4 Å².